The predicted molar refractivity (Wildman–Crippen MR) is 101 cm³/mol. The molecule has 0 radical (unpaired) electrons. The topological polar surface area (TPSA) is 69.7 Å². The van der Waals surface area contributed by atoms with Crippen LogP contribution in [0.2, 0.25) is 0 Å². The maximum atomic E-state index is 12.9. The Morgan fingerprint density at radius 2 is 2.00 bits per heavy atom. The summed E-state index contributed by atoms with van der Waals surface area (Å²) in [5.74, 6) is -0.0810. The van der Waals surface area contributed by atoms with Gasteiger partial charge in [0.15, 0.2) is 0 Å². The first kappa shape index (κ1) is 18.9. The van der Waals surface area contributed by atoms with Crippen molar-refractivity contribution >= 4 is 29.1 Å². The van der Waals surface area contributed by atoms with E-state index in [-0.39, 0.29) is 29.7 Å². The fourth-order valence-electron chi connectivity index (χ4n) is 4.10. The van der Waals surface area contributed by atoms with Crippen LogP contribution < -0.4 is 5.32 Å². The molecule has 2 fully saturated rings. The zero-order valence-electron chi connectivity index (χ0n) is 15.5. The molecule has 0 aromatic carbocycles. The Morgan fingerprint density at radius 1 is 1.19 bits per heavy atom. The van der Waals surface area contributed by atoms with Crippen LogP contribution in [0.5, 0.6) is 0 Å². The minimum absolute atomic E-state index is 0.00529. The highest BCUT2D eigenvalue weighted by molar-refractivity contribution is 7.12. The summed E-state index contributed by atoms with van der Waals surface area (Å²) in [7, 11) is 0. The second-order valence-corrected chi connectivity index (χ2v) is 8.10. The van der Waals surface area contributed by atoms with Gasteiger partial charge in [-0.2, -0.15) is 0 Å². The lowest BCUT2D eigenvalue weighted by molar-refractivity contribution is -0.134. The zero-order chi connectivity index (χ0) is 18.7. The Kier molecular flexibility index (Phi) is 5.96. The summed E-state index contributed by atoms with van der Waals surface area (Å²) in [4.78, 5) is 42.0. The largest absolute Gasteiger partial charge is 0.354 e. The molecular weight excluding hydrogens is 350 g/mol. The molecule has 0 spiro atoms. The lowest BCUT2D eigenvalue weighted by Crippen LogP contribution is -2.46. The number of nitrogens with zero attached hydrogens (tertiary/aromatic N) is 2. The van der Waals surface area contributed by atoms with Gasteiger partial charge in [-0.3, -0.25) is 14.4 Å². The first-order valence-corrected chi connectivity index (χ1v) is 10.3. The van der Waals surface area contributed by atoms with Gasteiger partial charge < -0.3 is 15.1 Å². The van der Waals surface area contributed by atoms with E-state index in [1.165, 1.54) is 11.3 Å². The third-order valence-corrected chi connectivity index (χ3v) is 6.48. The molecule has 26 heavy (non-hydrogen) atoms. The predicted octanol–water partition coefficient (Wildman–Crippen LogP) is 2.04. The normalized spacial score (nSPS) is 24.6. The molecule has 0 bridgehead atoms. The molecule has 1 aromatic rings. The van der Waals surface area contributed by atoms with Gasteiger partial charge in [-0.05, 0) is 43.2 Å². The van der Waals surface area contributed by atoms with Gasteiger partial charge in [-0.1, -0.05) is 6.42 Å². The van der Waals surface area contributed by atoms with Crippen molar-refractivity contribution in [3.05, 3.63) is 21.9 Å². The number of fused-ring (bicyclic) bond motifs is 1. The highest BCUT2D eigenvalue weighted by Gasteiger charge is 2.38. The van der Waals surface area contributed by atoms with Gasteiger partial charge >= 0.3 is 0 Å². The van der Waals surface area contributed by atoms with Crippen LogP contribution in [-0.4, -0.2) is 59.7 Å². The molecule has 2 heterocycles. The number of carbonyl (C=O) groups is 3. The smallest absolute Gasteiger partial charge is 0.264 e. The molecule has 1 aliphatic heterocycles. The van der Waals surface area contributed by atoms with Crippen LogP contribution in [0.1, 0.15) is 47.8 Å². The summed E-state index contributed by atoms with van der Waals surface area (Å²) in [5, 5.41) is 4.91. The number of hydrogen-bond acceptors (Lipinski definition) is 4. The molecule has 1 saturated heterocycles. The standard InChI is InChI=1S/C19H27N3O3S/c1-13-7-12-26-17(13)19(25)21-9-4-10-22(14(2)23)16-6-3-5-15(16)18(24)20-8-11-21/h7,12,15-16H,3-6,8-11H2,1-2H3,(H,20,24)/t15-,16+/m1/s1. The molecule has 2 aliphatic rings. The van der Waals surface area contributed by atoms with Crippen molar-refractivity contribution in [3.63, 3.8) is 0 Å². The number of nitrogens with one attached hydrogen (secondary N) is 1. The molecular formula is C19H27N3O3S. The second kappa shape index (κ2) is 8.20. The van der Waals surface area contributed by atoms with Crippen molar-refractivity contribution < 1.29 is 14.4 Å². The van der Waals surface area contributed by atoms with Crippen LogP contribution in [0.15, 0.2) is 11.4 Å². The zero-order valence-corrected chi connectivity index (χ0v) is 16.3. The fourth-order valence-corrected chi connectivity index (χ4v) is 5.00. The lowest BCUT2D eigenvalue weighted by atomic mass is 10.0. The number of hydrogen-bond donors (Lipinski definition) is 1. The van der Waals surface area contributed by atoms with Gasteiger partial charge in [0.25, 0.3) is 5.91 Å². The van der Waals surface area contributed by atoms with Gasteiger partial charge in [0.1, 0.15) is 0 Å². The van der Waals surface area contributed by atoms with Gasteiger partial charge in [0, 0.05) is 39.1 Å². The summed E-state index contributed by atoms with van der Waals surface area (Å²) in [6.45, 7) is 5.66. The molecule has 3 rings (SSSR count). The van der Waals surface area contributed by atoms with Gasteiger partial charge in [-0.25, -0.2) is 0 Å². The Balaban J connectivity index is 1.76. The number of aryl methyl sites for hydroxylation is 1. The fraction of sp³-hybridized carbons (Fsp3) is 0.632. The van der Waals surface area contributed by atoms with Gasteiger partial charge in [0.2, 0.25) is 11.8 Å². The highest BCUT2D eigenvalue weighted by atomic mass is 32.1. The summed E-state index contributed by atoms with van der Waals surface area (Å²) >= 11 is 1.45. The summed E-state index contributed by atoms with van der Waals surface area (Å²) < 4.78 is 0. The highest BCUT2D eigenvalue weighted by Crippen LogP contribution is 2.31. The lowest BCUT2D eigenvalue weighted by Gasteiger charge is -2.31. The van der Waals surface area contributed by atoms with Crippen LogP contribution in [0, 0.1) is 12.8 Å². The van der Waals surface area contributed by atoms with E-state index in [0.717, 1.165) is 36.1 Å². The second-order valence-electron chi connectivity index (χ2n) is 7.19. The van der Waals surface area contributed by atoms with Crippen LogP contribution in [-0.2, 0) is 9.59 Å². The Labute approximate surface area is 158 Å². The van der Waals surface area contributed by atoms with Crippen molar-refractivity contribution in [1.29, 1.82) is 0 Å². The summed E-state index contributed by atoms with van der Waals surface area (Å²) in [5.41, 5.74) is 0.984. The van der Waals surface area contributed by atoms with Crippen LogP contribution in [0.4, 0.5) is 0 Å². The molecule has 7 heteroatoms. The molecule has 1 N–H and O–H groups in total. The molecule has 6 nitrogen and oxygen atoms in total. The van der Waals surface area contributed by atoms with Crippen LogP contribution >= 0.6 is 11.3 Å². The molecule has 3 amide bonds. The van der Waals surface area contributed by atoms with E-state index >= 15 is 0 Å². The molecule has 1 aromatic heterocycles. The maximum absolute atomic E-state index is 12.9. The van der Waals surface area contributed by atoms with Crippen molar-refractivity contribution in [2.45, 2.75) is 45.6 Å². The number of amides is 3. The Hall–Kier alpha value is -1.89. The van der Waals surface area contributed by atoms with Crippen molar-refractivity contribution in [2.75, 3.05) is 26.2 Å². The Morgan fingerprint density at radius 3 is 2.69 bits per heavy atom. The number of thiophene rings is 1. The quantitative estimate of drug-likeness (QED) is 0.814. The third-order valence-electron chi connectivity index (χ3n) is 5.47. The number of rotatable bonds is 1. The van der Waals surface area contributed by atoms with E-state index in [2.05, 4.69) is 5.32 Å². The maximum Gasteiger partial charge on any atom is 0.264 e. The minimum Gasteiger partial charge on any atom is -0.354 e. The van der Waals surface area contributed by atoms with Crippen molar-refractivity contribution in [3.8, 4) is 0 Å². The Bertz CT molecular complexity index is 687. The van der Waals surface area contributed by atoms with Gasteiger partial charge in [-0.15, -0.1) is 11.3 Å². The number of carbonyl (C=O) groups excluding carboxylic acids is 3. The van der Waals surface area contributed by atoms with E-state index in [9.17, 15) is 14.4 Å². The van der Waals surface area contributed by atoms with E-state index in [1.807, 2.05) is 23.3 Å². The minimum atomic E-state index is -0.124. The van der Waals surface area contributed by atoms with Crippen LogP contribution in [0.3, 0.4) is 0 Å². The SMILES string of the molecule is CC(=O)N1CCCN(C(=O)c2sccc2C)CCNC(=O)[C@@H]2CCC[C@@H]21. The molecule has 142 valence electrons. The first-order chi connectivity index (χ1) is 12.5. The van der Waals surface area contributed by atoms with E-state index in [1.54, 1.807) is 11.8 Å². The van der Waals surface area contributed by atoms with Crippen molar-refractivity contribution in [1.82, 2.24) is 15.1 Å². The molecule has 0 unspecified atom stereocenters. The average molecular weight is 378 g/mol. The monoisotopic (exact) mass is 377 g/mol. The molecule has 1 saturated carbocycles. The molecule has 2 atom stereocenters. The summed E-state index contributed by atoms with van der Waals surface area (Å²) in [6, 6.07) is 1.94. The van der Waals surface area contributed by atoms with E-state index in [0.29, 0.717) is 26.2 Å². The van der Waals surface area contributed by atoms with E-state index in [4.69, 9.17) is 0 Å². The van der Waals surface area contributed by atoms with Crippen LogP contribution in [0.25, 0.3) is 0 Å². The first-order valence-electron chi connectivity index (χ1n) is 9.37. The summed E-state index contributed by atoms with van der Waals surface area (Å²) in [6.07, 6.45) is 3.42. The van der Waals surface area contributed by atoms with E-state index < -0.39 is 0 Å². The molecule has 1 aliphatic carbocycles. The van der Waals surface area contributed by atoms with Gasteiger partial charge in [0.05, 0.1) is 10.8 Å². The average Bonchev–Trinajstić information content (AvgIpc) is 3.24. The third kappa shape index (κ3) is 3.92. The van der Waals surface area contributed by atoms with Crippen molar-refractivity contribution in [2.24, 2.45) is 5.92 Å².